The van der Waals surface area contributed by atoms with E-state index in [4.69, 9.17) is 20.8 Å². The Morgan fingerprint density at radius 1 is 1.15 bits per heavy atom. The third kappa shape index (κ3) is 4.16. The molecule has 0 spiro atoms. The van der Waals surface area contributed by atoms with Crippen molar-refractivity contribution in [1.82, 2.24) is 0 Å². The molecular formula is C24H17ClN2O6. The zero-order valence-corrected chi connectivity index (χ0v) is 18.3. The van der Waals surface area contributed by atoms with E-state index in [0.29, 0.717) is 33.5 Å². The minimum Gasteiger partial charge on any atom is -0.465 e. The maximum Gasteiger partial charge on any atom is 0.343 e. The normalized spacial score (nSPS) is 14.8. The number of anilines is 1. The van der Waals surface area contributed by atoms with Gasteiger partial charge in [-0.05, 0) is 43.3 Å². The fourth-order valence-corrected chi connectivity index (χ4v) is 3.70. The zero-order chi connectivity index (χ0) is 23.7. The average Bonchev–Trinajstić information content (AvgIpc) is 3.37. The fourth-order valence-electron chi connectivity index (χ4n) is 3.57. The molecule has 0 unspecified atom stereocenters. The third-order valence-electron chi connectivity index (χ3n) is 5.12. The van der Waals surface area contributed by atoms with E-state index in [1.807, 2.05) is 0 Å². The van der Waals surface area contributed by atoms with Gasteiger partial charge in [-0.2, -0.15) is 0 Å². The largest absolute Gasteiger partial charge is 0.465 e. The van der Waals surface area contributed by atoms with E-state index < -0.39 is 16.7 Å². The molecule has 1 aliphatic heterocycles. The summed E-state index contributed by atoms with van der Waals surface area (Å²) in [4.78, 5) is 37.6. The number of non-ortho nitro benzene ring substituents is 1. The van der Waals surface area contributed by atoms with E-state index >= 15 is 0 Å². The summed E-state index contributed by atoms with van der Waals surface area (Å²) in [7, 11) is 1.21. The second-order valence-corrected chi connectivity index (χ2v) is 7.57. The first kappa shape index (κ1) is 22.0. The number of rotatable bonds is 5. The Hall–Kier alpha value is -4.17. The number of nitro benzene ring substituents is 1. The number of nitrogens with zero attached hydrogens (tertiary/aromatic N) is 2. The highest BCUT2D eigenvalue weighted by Gasteiger charge is 2.38. The van der Waals surface area contributed by atoms with E-state index in [-0.39, 0.29) is 17.0 Å². The summed E-state index contributed by atoms with van der Waals surface area (Å²) >= 11 is 6.00. The predicted octanol–water partition coefficient (Wildman–Crippen LogP) is 5.39. The molecule has 3 aromatic rings. The quantitative estimate of drug-likeness (QED) is 0.164. The van der Waals surface area contributed by atoms with Crippen molar-refractivity contribution in [2.45, 2.75) is 6.92 Å². The smallest absolute Gasteiger partial charge is 0.343 e. The molecule has 33 heavy (non-hydrogen) atoms. The van der Waals surface area contributed by atoms with Crippen molar-refractivity contribution in [1.29, 1.82) is 0 Å². The Balaban J connectivity index is 1.77. The Kier molecular flexibility index (Phi) is 5.85. The number of allylic oxidation sites excluding steroid dienone is 2. The van der Waals surface area contributed by atoms with Crippen LogP contribution in [0.3, 0.4) is 0 Å². The van der Waals surface area contributed by atoms with Crippen molar-refractivity contribution in [3.63, 3.8) is 0 Å². The molecule has 166 valence electrons. The summed E-state index contributed by atoms with van der Waals surface area (Å²) in [6.07, 6.45) is 1.51. The van der Waals surface area contributed by atoms with Gasteiger partial charge in [-0.15, -0.1) is 0 Å². The lowest BCUT2D eigenvalue weighted by Crippen LogP contribution is -2.18. The topological polar surface area (TPSA) is 103 Å². The van der Waals surface area contributed by atoms with Gasteiger partial charge < -0.3 is 14.1 Å². The van der Waals surface area contributed by atoms with Crippen LogP contribution in [0.15, 0.2) is 82.0 Å². The summed E-state index contributed by atoms with van der Waals surface area (Å²) in [5, 5.41) is 11.6. The van der Waals surface area contributed by atoms with Crippen LogP contribution < -0.4 is 4.90 Å². The Morgan fingerprint density at radius 2 is 1.88 bits per heavy atom. The zero-order valence-electron chi connectivity index (χ0n) is 17.6. The van der Waals surface area contributed by atoms with Gasteiger partial charge in [0, 0.05) is 40.2 Å². The molecule has 0 radical (unpaired) electrons. The van der Waals surface area contributed by atoms with Gasteiger partial charge >= 0.3 is 5.97 Å². The van der Waals surface area contributed by atoms with Crippen LogP contribution >= 0.6 is 11.6 Å². The van der Waals surface area contributed by atoms with Gasteiger partial charge in [0.15, 0.2) is 0 Å². The second-order valence-electron chi connectivity index (χ2n) is 7.13. The number of ether oxygens (including phenoxy) is 1. The minimum atomic E-state index is -0.739. The predicted molar refractivity (Wildman–Crippen MR) is 122 cm³/mol. The lowest BCUT2D eigenvalue weighted by molar-refractivity contribution is -0.384. The van der Waals surface area contributed by atoms with Crippen LogP contribution in [0.25, 0.3) is 17.4 Å². The standard InChI is InChI=1S/C24H17ClN2O6/c1-14-22(24(29)32-2)23(28)20(26(14)17-8-6-16(25)7-9-17)13-19-10-11-21(33-19)15-4-3-5-18(12-15)27(30)31/h3-13H,1-2H3. The maximum atomic E-state index is 13.2. The highest BCUT2D eigenvalue weighted by atomic mass is 35.5. The molecular weight excluding hydrogens is 448 g/mol. The van der Waals surface area contributed by atoms with Crippen molar-refractivity contribution >= 4 is 40.8 Å². The number of benzene rings is 2. The number of Topliss-reactive ketones (excluding diaryl/α,β-unsaturated/α-hetero) is 1. The van der Waals surface area contributed by atoms with Crippen LogP contribution in [0.1, 0.15) is 12.7 Å². The molecule has 0 saturated heterocycles. The number of hydrogen-bond acceptors (Lipinski definition) is 7. The highest BCUT2D eigenvalue weighted by Crippen LogP contribution is 2.36. The van der Waals surface area contributed by atoms with Crippen LogP contribution in [0.2, 0.25) is 5.02 Å². The molecule has 2 heterocycles. The molecule has 1 aliphatic rings. The van der Waals surface area contributed by atoms with Gasteiger partial charge in [0.25, 0.3) is 5.69 Å². The molecule has 1 aromatic heterocycles. The number of hydrogen-bond donors (Lipinski definition) is 0. The number of halogens is 1. The summed E-state index contributed by atoms with van der Waals surface area (Å²) in [5.41, 5.74) is 1.60. The van der Waals surface area contributed by atoms with Crippen molar-refractivity contribution in [3.05, 3.63) is 98.5 Å². The van der Waals surface area contributed by atoms with E-state index in [0.717, 1.165) is 0 Å². The van der Waals surface area contributed by atoms with Gasteiger partial charge in [-0.25, -0.2) is 4.79 Å². The van der Waals surface area contributed by atoms with Crippen LogP contribution in [-0.4, -0.2) is 23.8 Å². The van der Waals surface area contributed by atoms with Gasteiger partial charge in [-0.3, -0.25) is 14.9 Å². The number of nitro groups is 1. The number of esters is 1. The molecule has 0 atom stereocenters. The van der Waals surface area contributed by atoms with Crippen molar-refractivity contribution in [3.8, 4) is 11.3 Å². The van der Waals surface area contributed by atoms with E-state index in [1.165, 1.54) is 25.3 Å². The molecule has 0 bridgehead atoms. The highest BCUT2D eigenvalue weighted by molar-refractivity contribution is 6.31. The summed E-state index contributed by atoms with van der Waals surface area (Å²) < 4.78 is 10.6. The van der Waals surface area contributed by atoms with E-state index in [2.05, 4.69) is 0 Å². The minimum absolute atomic E-state index is 0.0637. The van der Waals surface area contributed by atoms with Gasteiger partial charge in [0.2, 0.25) is 5.78 Å². The van der Waals surface area contributed by atoms with Crippen LogP contribution in [-0.2, 0) is 14.3 Å². The van der Waals surface area contributed by atoms with E-state index in [1.54, 1.807) is 60.4 Å². The summed E-state index contributed by atoms with van der Waals surface area (Å²) in [6, 6.07) is 16.1. The van der Waals surface area contributed by atoms with Crippen molar-refractivity contribution < 1.29 is 23.7 Å². The molecule has 8 nitrogen and oxygen atoms in total. The Labute approximate surface area is 193 Å². The molecule has 0 aliphatic carbocycles. The van der Waals surface area contributed by atoms with E-state index in [9.17, 15) is 19.7 Å². The molecule has 9 heteroatoms. The van der Waals surface area contributed by atoms with Gasteiger partial charge in [0.1, 0.15) is 17.1 Å². The van der Waals surface area contributed by atoms with Gasteiger partial charge in [-0.1, -0.05) is 23.7 Å². The first-order valence-corrected chi connectivity index (χ1v) is 10.1. The van der Waals surface area contributed by atoms with Gasteiger partial charge in [0.05, 0.1) is 17.7 Å². The summed E-state index contributed by atoms with van der Waals surface area (Å²) in [6.45, 7) is 1.65. The molecule has 4 rings (SSSR count). The Morgan fingerprint density at radius 3 is 2.55 bits per heavy atom. The first-order valence-electron chi connectivity index (χ1n) is 9.76. The first-order chi connectivity index (χ1) is 15.8. The summed E-state index contributed by atoms with van der Waals surface area (Å²) in [5.74, 6) is -0.524. The molecule has 0 fully saturated rings. The monoisotopic (exact) mass is 464 g/mol. The van der Waals surface area contributed by atoms with Crippen LogP contribution in [0.5, 0.6) is 0 Å². The maximum absolute atomic E-state index is 13.2. The number of methoxy groups -OCH3 is 1. The van der Waals surface area contributed by atoms with Crippen LogP contribution in [0, 0.1) is 10.1 Å². The van der Waals surface area contributed by atoms with Crippen molar-refractivity contribution in [2.24, 2.45) is 0 Å². The molecule has 0 N–H and O–H groups in total. The number of ketones is 1. The SMILES string of the molecule is COC(=O)C1=C(C)N(c2ccc(Cl)cc2)C(=Cc2ccc(-c3cccc([N+](=O)[O-])c3)o2)C1=O. The third-order valence-corrected chi connectivity index (χ3v) is 5.37. The van der Waals surface area contributed by atoms with Crippen molar-refractivity contribution in [2.75, 3.05) is 12.0 Å². The number of furan rings is 1. The fraction of sp³-hybridized carbons (Fsp3) is 0.0833. The van der Waals surface area contributed by atoms with Crippen LogP contribution in [0.4, 0.5) is 11.4 Å². The second kappa shape index (κ2) is 8.76. The number of carbonyl (C=O) groups excluding carboxylic acids is 2. The molecule has 2 aromatic carbocycles. The molecule has 0 saturated carbocycles. The molecule has 0 amide bonds. The average molecular weight is 465 g/mol. The lowest BCUT2D eigenvalue weighted by atomic mass is 10.1. The number of carbonyl (C=O) groups is 2. The lowest BCUT2D eigenvalue weighted by Gasteiger charge is -2.21. The Bertz CT molecular complexity index is 1340.